The first-order valence-electron chi connectivity index (χ1n) is 6.55. The van der Waals surface area contributed by atoms with Crippen LogP contribution < -0.4 is 0 Å². The van der Waals surface area contributed by atoms with Gasteiger partial charge in [-0.25, -0.2) is 4.39 Å². The number of ether oxygens (including phenoxy) is 1. The summed E-state index contributed by atoms with van der Waals surface area (Å²) < 4.78 is 19.2. The highest BCUT2D eigenvalue weighted by Crippen LogP contribution is 2.28. The topological polar surface area (TPSA) is 29.5 Å². The largest absolute Gasteiger partial charge is 0.384 e. The van der Waals surface area contributed by atoms with E-state index in [0.717, 1.165) is 16.7 Å². The van der Waals surface area contributed by atoms with Gasteiger partial charge in [0.15, 0.2) is 0 Å². The van der Waals surface area contributed by atoms with E-state index in [4.69, 9.17) is 4.74 Å². The van der Waals surface area contributed by atoms with Gasteiger partial charge in [0.1, 0.15) is 11.9 Å². The lowest BCUT2D eigenvalue weighted by atomic mass is 9.94. The molecular formula is C17H19FO2. The second-order valence-corrected chi connectivity index (χ2v) is 5.06. The first-order chi connectivity index (χ1) is 9.52. The molecule has 0 aromatic heterocycles. The minimum atomic E-state index is -0.965. The number of aryl methyl sites for hydroxylation is 2. The van der Waals surface area contributed by atoms with Gasteiger partial charge in [-0.3, -0.25) is 0 Å². The summed E-state index contributed by atoms with van der Waals surface area (Å²) in [5.74, 6) is -0.368. The Morgan fingerprint density at radius 2 is 1.95 bits per heavy atom. The molecular weight excluding hydrogens is 255 g/mol. The van der Waals surface area contributed by atoms with Crippen molar-refractivity contribution in [1.82, 2.24) is 0 Å². The maximum Gasteiger partial charge on any atom is 0.129 e. The fourth-order valence-corrected chi connectivity index (χ4v) is 2.46. The summed E-state index contributed by atoms with van der Waals surface area (Å²) in [6.45, 7) is 4.12. The molecule has 0 fully saturated rings. The van der Waals surface area contributed by atoms with Crippen LogP contribution in [0.25, 0.3) is 0 Å². The number of hydrogen-bond acceptors (Lipinski definition) is 2. The SMILES string of the molecule is COCc1cccc(C(O)c2c(C)cc(C)cc2F)c1. The molecule has 1 unspecified atom stereocenters. The van der Waals surface area contributed by atoms with E-state index in [-0.39, 0.29) is 5.82 Å². The zero-order valence-corrected chi connectivity index (χ0v) is 12.0. The standard InChI is InChI=1S/C17H19FO2/c1-11-7-12(2)16(15(18)8-11)17(19)14-6-4-5-13(9-14)10-20-3/h4-9,17,19H,10H2,1-3H3. The zero-order chi connectivity index (χ0) is 14.7. The number of halogens is 1. The maximum absolute atomic E-state index is 14.1. The molecule has 0 spiro atoms. The molecule has 2 rings (SSSR count). The highest BCUT2D eigenvalue weighted by Gasteiger charge is 2.18. The molecule has 0 heterocycles. The van der Waals surface area contributed by atoms with E-state index in [9.17, 15) is 9.50 Å². The van der Waals surface area contributed by atoms with Crippen LogP contribution in [0.3, 0.4) is 0 Å². The predicted octanol–water partition coefficient (Wildman–Crippen LogP) is 3.67. The Kier molecular flexibility index (Phi) is 4.53. The van der Waals surface area contributed by atoms with Gasteiger partial charge >= 0.3 is 0 Å². The lowest BCUT2D eigenvalue weighted by Gasteiger charge is -2.16. The van der Waals surface area contributed by atoms with Gasteiger partial charge in [0.2, 0.25) is 0 Å². The van der Waals surface area contributed by atoms with Crippen molar-refractivity contribution in [2.75, 3.05) is 7.11 Å². The van der Waals surface area contributed by atoms with Gasteiger partial charge in [-0.2, -0.15) is 0 Å². The Morgan fingerprint density at radius 1 is 1.20 bits per heavy atom. The Balaban J connectivity index is 2.41. The fraction of sp³-hybridized carbons (Fsp3) is 0.294. The molecule has 2 nitrogen and oxygen atoms in total. The first-order valence-corrected chi connectivity index (χ1v) is 6.55. The molecule has 0 bridgehead atoms. The van der Waals surface area contributed by atoms with Crippen LogP contribution in [0.2, 0.25) is 0 Å². The number of aliphatic hydroxyl groups is 1. The molecule has 0 aliphatic carbocycles. The number of hydrogen-bond donors (Lipinski definition) is 1. The summed E-state index contributed by atoms with van der Waals surface area (Å²) in [4.78, 5) is 0. The lowest BCUT2D eigenvalue weighted by molar-refractivity contribution is 0.184. The first kappa shape index (κ1) is 14.7. The van der Waals surface area contributed by atoms with Gasteiger partial charge in [-0.15, -0.1) is 0 Å². The molecule has 2 aromatic rings. The lowest BCUT2D eigenvalue weighted by Crippen LogP contribution is -2.06. The highest BCUT2D eigenvalue weighted by molar-refractivity contribution is 5.39. The third kappa shape index (κ3) is 3.06. The second kappa shape index (κ2) is 6.16. The molecule has 0 amide bonds. The van der Waals surface area contributed by atoms with Crippen molar-refractivity contribution < 1.29 is 14.2 Å². The Hall–Kier alpha value is -1.71. The van der Waals surface area contributed by atoms with Crippen LogP contribution in [0.1, 0.15) is 33.9 Å². The molecule has 20 heavy (non-hydrogen) atoms. The van der Waals surface area contributed by atoms with Crippen LogP contribution in [0.4, 0.5) is 4.39 Å². The summed E-state index contributed by atoms with van der Waals surface area (Å²) in [6.07, 6.45) is -0.965. The monoisotopic (exact) mass is 274 g/mol. The van der Waals surface area contributed by atoms with Gasteiger partial charge in [0.05, 0.1) is 6.61 Å². The van der Waals surface area contributed by atoms with E-state index in [1.807, 2.05) is 38.1 Å². The van der Waals surface area contributed by atoms with Crippen molar-refractivity contribution in [1.29, 1.82) is 0 Å². The Bertz CT molecular complexity index is 585. The van der Waals surface area contributed by atoms with Gasteiger partial charge in [0, 0.05) is 12.7 Å². The van der Waals surface area contributed by atoms with Crippen molar-refractivity contribution in [3.05, 3.63) is 70.0 Å². The third-order valence-corrected chi connectivity index (χ3v) is 3.33. The quantitative estimate of drug-likeness (QED) is 0.921. The number of methoxy groups -OCH3 is 1. The molecule has 0 radical (unpaired) electrons. The average Bonchev–Trinajstić information content (AvgIpc) is 2.38. The van der Waals surface area contributed by atoms with Gasteiger partial charge in [-0.05, 0) is 42.2 Å². The van der Waals surface area contributed by atoms with Gasteiger partial charge in [0.25, 0.3) is 0 Å². The van der Waals surface area contributed by atoms with Crippen molar-refractivity contribution in [3.8, 4) is 0 Å². The van der Waals surface area contributed by atoms with Crippen LogP contribution in [0.15, 0.2) is 36.4 Å². The van der Waals surface area contributed by atoms with E-state index in [0.29, 0.717) is 17.7 Å². The molecule has 1 atom stereocenters. The van der Waals surface area contributed by atoms with E-state index in [2.05, 4.69) is 0 Å². The molecule has 0 aliphatic heterocycles. The molecule has 1 N–H and O–H groups in total. The van der Waals surface area contributed by atoms with Crippen LogP contribution in [0.5, 0.6) is 0 Å². The van der Waals surface area contributed by atoms with Crippen molar-refractivity contribution in [2.24, 2.45) is 0 Å². The van der Waals surface area contributed by atoms with Crippen LogP contribution in [-0.4, -0.2) is 12.2 Å². The molecule has 0 saturated heterocycles. The zero-order valence-electron chi connectivity index (χ0n) is 12.0. The van der Waals surface area contributed by atoms with E-state index in [1.54, 1.807) is 13.2 Å². The highest BCUT2D eigenvalue weighted by atomic mass is 19.1. The van der Waals surface area contributed by atoms with Crippen LogP contribution >= 0.6 is 0 Å². The normalized spacial score (nSPS) is 12.4. The minimum Gasteiger partial charge on any atom is -0.384 e. The smallest absolute Gasteiger partial charge is 0.129 e. The number of aliphatic hydroxyl groups excluding tert-OH is 1. The second-order valence-electron chi connectivity index (χ2n) is 5.06. The van der Waals surface area contributed by atoms with E-state index >= 15 is 0 Å². The number of rotatable bonds is 4. The maximum atomic E-state index is 14.1. The van der Waals surface area contributed by atoms with E-state index < -0.39 is 6.10 Å². The Morgan fingerprint density at radius 3 is 2.60 bits per heavy atom. The van der Waals surface area contributed by atoms with Gasteiger partial charge in [-0.1, -0.05) is 30.3 Å². The molecule has 2 aromatic carbocycles. The van der Waals surface area contributed by atoms with Gasteiger partial charge < -0.3 is 9.84 Å². The minimum absolute atomic E-state index is 0.338. The molecule has 3 heteroatoms. The van der Waals surface area contributed by atoms with Crippen molar-refractivity contribution in [3.63, 3.8) is 0 Å². The summed E-state index contributed by atoms with van der Waals surface area (Å²) in [6, 6.07) is 10.7. The van der Waals surface area contributed by atoms with Crippen molar-refractivity contribution in [2.45, 2.75) is 26.6 Å². The molecule has 0 saturated carbocycles. The van der Waals surface area contributed by atoms with Crippen LogP contribution in [0, 0.1) is 19.7 Å². The fourth-order valence-electron chi connectivity index (χ4n) is 2.46. The third-order valence-electron chi connectivity index (χ3n) is 3.33. The Labute approximate surface area is 118 Å². The average molecular weight is 274 g/mol. The summed E-state index contributed by atoms with van der Waals surface area (Å²) in [5.41, 5.74) is 3.57. The molecule has 106 valence electrons. The summed E-state index contributed by atoms with van der Waals surface area (Å²) >= 11 is 0. The predicted molar refractivity (Wildman–Crippen MR) is 77.1 cm³/mol. The van der Waals surface area contributed by atoms with Crippen LogP contribution in [-0.2, 0) is 11.3 Å². The summed E-state index contributed by atoms with van der Waals surface area (Å²) in [7, 11) is 1.62. The van der Waals surface area contributed by atoms with Crippen molar-refractivity contribution >= 4 is 0 Å². The van der Waals surface area contributed by atoms with E-state index in [1.165, 1.54) is 6.07 Å². The number of benzene rings is 2. The summed E-state index contributed by atoms with van der Waals surface area (Å²) in [5, 5.41) is 10.5. The molecule has 0 aliphatic rings.